The largest absolute Gasteiger partial charge is 0.378 e. The minimum atomic E-state index is 0.273. The van der Waals surface area contributed by atoms with E-state index in [1.54, 1.807) is 0 Å². The zero-order chi connectivity index (χ0) is 14.2. The third kappa shape index (κ3) is 2.55. The number of rotatable bonds is 2. The van der Waals surface area contributed by atoms with Gasteiger partial charge in [-0.2, -0.15) is 0 Å². The van der Waals surface area contributed by atoms with Gasteiger partial charge in [0.05, 0.1) is 6.04 Å². The van der Waals surface area contributed by atoms with Crippen LogP contribution in [0.4, 0.5) is 5.69 Å². The molecule has 20 heavy (non-hydrogen) atoms. The van der Waals surface area contributed by atoms with Crippen molar-refractivity contribution in [1.82, 2.24) is 0 Å². The standard InChI is InChI=1S/C18H20ClN/c1-18(2)12-11-17(15-5-3-4-6-16(15)18)20-14-9-7-13(19)8-10-14/h3-10,17,20H,11-12H2,1-2H3. The summed E-state index contributed by atoms with van der Waals surface area (Å²) in [6.07, 6.45) is 2.36. The van der Waals surface area contributed by atoms with Gasteiger partial charge < -0.3 is 5.32 Å². The lowest BCUT2D eigenvalue weighted by molar-refractivity contribution is 0.406. The molecule has 1 nitrogen and oxygen atoms in total. The van der Waals surface area contributed by atoms with Crippen molar-refractivity contribution in [2.24, 2.45) is 0 Å². The van der Waals surface area contributed by atoms with Crippen molar-refractivity contribution in [2.45, 2.75) is 38.1 Å². The maximum atomic E-state index is 5.95. The van der Waals surface area contributed by atoms with Gasteiger partial charge in [-0.3, -0.25) is 0 Å². The van der Waals surface area contributed by atoms with Gasteiger partial charge in [-0.05, 0) is 53.6 Å². The van der Waals surface area contributed by atoms with Crippen LogP contribution in [-0.2, 0) is 5.41 Å². The van der Waals surface area contributed by atoms with E-state index in [4.69, 9.17) is 11.6 Å². The Kier molecular flexibility index (Phi) is 3.47. The van der Waals surface area contributed by atoms with Gasteiger partial charge >= 0.3 is 0 Å². The molecule has 1 aliphatic rings. The summed E-state index contributed by atoms with van der Waals surface area (Å²) < 4.78 is 0. The Morgan fingerprint density at radius 3 is 2.50 bits per heavy atom. The molecule has 0 radical (unpaired) electrons. The summed E-state index contributed by atoms with van der Waals surface area (Å²) >= 11 is 5.95. The summed E-state index contributed by atoms with van der Waals surface area (Å²) in [5.41, 5.74) is 4.31. The third-order valence-corrected chi connectivity index (χ3v) is 4.56. The Labute approximate surface area is 126 Å². The molecule has 1 unspecified atom stereocenters. The molecular formula is C18H20ClN. The zero-order valence-electron chi connectivity index (χ0n) is 12.0. The zero-order valence-corrected chi connectivity index (χ0v) is 12.7. The van der Waals surface area contributed by atoms with Gasteiger partial charge in [0.15, 0.2) is 0 Å². The highest BCUT2D eigenvalue weighted by molar-refractivity contribution is 6.30. The van der Waals surface area contributed by atoms with Gasteiger partial charge in [0.2, 0.25) is 0 Å². The average molecular weight is 286 g/mol. The van der Waals surface area contributed by atoms with E-state index in [1.165, 1.54) is 17.5 Å². The van der Waals surface area contributed by atoms with Crippen LogP contribution in [-0.4, -0.2) is 0 Å². The average Bonchev–Trinajstić information content (AvgIpc) is 2.45. The topological polar surface area (TPSA) is 12.0 Å². The lowest BCUT2D eigenvalue weighted by atomic mass is 9.71. The molecule has 0 fully saturated rings. The molecule has 1 atom stereocenters. The Bertz CT molecular complexity index is 601. The second-order valence-corrected chi connectivity index (χ2v) is 6.65. The lowest BCUT2D eigenvalue weighted by Gasteiger charge is -2.37. The molecule has 0 saturated heterocycles. The maximum absolute atomic E-state index is 5.95. The molecule has 0 bridgehead atoms. The quantitative estimate of drug-likeness (QED) is 0.761. The van der Waals surface area contributed by atoms with Crippen LogP contribution in [0, 0.1) is 0 Å². The van der Waals surface area contributed by atoms with Gasteiger partial charge in [-0.25, -0.2) is 0 Å². The fourth-order valence-corrected chi connectivity index (χ4v) is 3.24. The van der Waals surface area contributed by atoms with E-state index in [2.05, 4.69) is 43.4 Å². The summed E-state index contributed by atoms with van der Waals surface area (Å²) in [7, 11) is 0. The van der Waals surface area contributed by atoms with E-state index < -0.39 is 0 Å². The monoisotopic (exact) mass is 285 g/mol. The van der Waals surface area contributed by atoms with Crippen LogP contribution in [0.5, 0.6) is 0 Å². The van der Waals surface area contributed by atoms with Gasteiger partial charge in [-0.1, -0.05) is 49.7 Å². The van der Waals surface area contributed by atoms with E-state index in [1.807, 2.05) is 24.3 Å². The van der Waals surface area contributed by atoms with Crippen LogP contribution < -0.4 is 5.32 Å². The second kappa shape index (κ2) is 5.14. The SMILES string of the molecule is CC1(C)CCC(Nc2ccc(Cl)cc2)c2ccccc21. The number of hydrogen-bond donors (Lipinski definition) is 1. The van der Waals surface area contributed by atoms with Crippen molar-refractivity contribution in [3.63, 3.8) is 0 Å². The van der Waals surface area contributed by atoms with E-state index >= 15 is 0 Å². The van der Waals surface area contributed by atoms with Crippen molar-refractivity contribution in [2.75, 3.05) is 5.32 Å². The molecular weight excluding hydrogens is 266 g/mol. The molecule has 3 rings (SSSR count). The maximum Gasteiger partial charge on any atom is 0.0517 e. The molecule has 2 heteroatoms. The predicted octanol–water partition coefficient (Wildman–Crippen LogP) is 5.56. The summed E-state index contributed by atoms with van der Waals surface area (Å²) in [5.74, 6) is 0. The smallest absolute Gasteiger partial charge is 0.0517 e. The lowest BCUT2D eigenvalue weighted by Crippen LogP contribution is -2.29. The number of fused-ring (bicyclic) bond motifs is 1. The van der Waals surface area contributed by atoms with Crippen LogP contribution >= 0.6 is 11.6 Å². The molecule has 1 aliphatic carbocycles. The third-order valence-electron chi connectivity index (χ3n) is 4.31. The molecule has 1 N–H and O–H groups in total. The summed E-state index contributed by atoms with van der Waals surface area (Å²) in [5, 5.41) is 4.42. The molecule has 0 spiro atoms. The molecule has 2 aromatic carbocycles. The Hall–Kier alpha value is -1.47. The minimum Gasteiger partial charge on any atom is -0.378 e. The fraction of sp³-hybridized carbons (Fsp3) is 0.333. The fourth-order valence-electron chi connectivity index (χ4n) is 3.11. The molecule has 2 aromatic rings. The molecule has 0 aliphatic heterocycles. The first kappa shape index (κ1) is 13.5. The first-order chi connectivity index (χ1) is 9.56. The highest BCUT2D eigenvalue weighted by atomic mass is 35.5. The van der Waals surface area contributed by atoms with E-state index in [-0.39, 0.29) is 5.41 Å². The number of anilines is 1. The summed E-state index contributed by atoms with van der Waals surface area (Å²) in [6, 6.07) is 17.2. The van der Waals surface area contributed by atoms with Crippen LogP contribution in [0.3, 0.4) is 0 Å². The predicted molar refractivity (Wildman–Crippen MR) is 86.5 cm³/mol. The van der Waals surface area contributed by atoms with Crippen molar-refractivity contribution < 1.29 is 0 Å². The normalized spacial score (nSPS) is 20.2. The first-order valence-corrected chi connectivity index (χ1v) is 7.55. The van der Waals surface area contributed by atoms with Crippen LogP contribution in [0.15, 0.2) is 48.5 Å². The van der Waals surface area contributed by atoms with Crippen molar-refractivity contribution in [3.8, 4) is 0 Å². The number of nitrogens with one attached hydrogen (secondary N) is 1. The molecule has 0 saturated carbocycles. The minimum absolute atomic E-state index is 0.273. The second-order valence-electron chi connectivity index (χ2n) is 6.21. The Balaban J connectivity index is 1.90. The van der Waals surface area contributed by atoms with Gasteiger partial charge in [-0.15, -0.1) is 0 Å². The number of halogens is 1. The molecule has 0 heterocycles. The first-order valence-electron chi connectivity index (χ1n) is 7.18. The summed E-state index contributed by atoms with van der Waals surface area (Å²) in [6.45, 7) is 4.68. The number of hydrogen-bond acceptors (Lipinski definition) is 1. The van der Waals surface area contributed by atoms with Gasteiger partial charge in [0, 0.05) is 10.7 Å². The van der Waals surface area contributed by atoms with E-state index in [9.17, 15) is 0 Å². The Morgan fingerprint density at radius 2 is 1.75 bits per heavy atom. The van der Waals surface area contributed by atoms with Crippen LogP contribution in [0.25, 0.3) is 0 Å². The van der Waals surface area contributed by atoms with Gasteiger partial charge in [0.1, 0.15) is 0 Å². The van der Waals surface area contributed by atoms with E-state index in [0.29, 0.717) is 6.04 Å². The van der Waals surface area contributed by atoms with Crippen LogP contribution in [0.1, 0.15) is 43.9 Å². The Morgan fingerprint density at radius 1 is 1.05 bits per heavy atom. The van der Waals surface area contributed by atoms with Crippen molar-refractivity contribution in [1.29, 1.82) is 0 Å². The summed E-state index contributed by atoms with van der Waals surface area (Å²) in [4.78, 5) is 0. The molecule has 0 aromatic heterocycles. The van der Waals surface area contributed by atoms with E-state index in [0.717, 1.165) is 17.1 Å². The van der Waals surface area contributed by atoms with Gasteiger partial charge in [0.25, 0.3) is 0 Å². The van der Waals surface area contributed by atoms with Crippen LogP contribution in [0.2, 0.25) is 5.02 Å². The van der Waals surface area contributed by atoms with Crippen molar-refractivity contribution >= 4 is 17.3 Å². The van der Waals surface area contributed by atoms with Crippen molar-refractivity contribution in [3.05, 3.63) is 64.7 Å². The highest BCUT2D eigenvalue weighted by Crippen LogP contribution is 2.42. The molecule has 0 amide bonds. The number of benzene rings is 2. The highest BCUT2D eigenvalue weighted by Gasteiger charge is 2.32. The molecule has 104 valence electrons.